The van der Waals surface area contributed by atoms with Gasteiger partial charge in [-0.15, -0.1) is 0 Å². The fourth-order valence-electron chi connectivity index (χ4n) is 6.13. The van der Waals surface area contributed by atoms with Crippen LogP contribution in [0.15, 0.2) is 174 Å². The second kappa shape index (κ2) is 11.1. The van der Waals surface area contributed by atoms with Crippen LogP contribution in [0, 0.1) is 0 Å². The summed E-state index contributed by atoms with van der Waals surface area (Å²) in [6.07, 6.45) is 0. The van der Waals surface area contributed by atoms with Crippen LogP contribution >= 0.6 is 0 Å². The van der Waals surface area contributed by atoms with Crippen LogP contribution < -0.4 is 5.32 Å². The van der Waals surface area contributed by atoms with Gasteiger partial charge in [-0.1, -0.05) is 152 Å². The van der Waals surface area contributed by atoms with Crippen molar-refractivity contribution in [2.75, 3.05) is 5.32 Å². The van der Waals surface area contributed by atoms with Crippen molar-refractivity contribution >= 4 is 33.3 Å². The largest absolute Gasteiger partial charge is 0.455 e. The Bertz CT molecular complexity index is 2230. The minimum Gasteiger partial charge on any atom is -0.455 e. The maximum atomic E-state index is 6.68. The predicted molar refractivity (Wildman–Crippen MR) is 185 cm³/mol. The third-order valence-corrected chi connectivity index (χ3v) is 8.29. The number of rotatable bonds is 6. The number of hydrogen-bond acceptors (Lipinski definition) is 2. The molecule has 0 saturated carbocycles. The summed E-state index contributed by atoms with van der Waals surface area (Å²) >= 11 is 0. The number of anilines is 2. The Morgan fingerprint density at radius 1 is 0.341 bits per heavy atom. The molecule has 0 amide bonds. The third kappa shape index (κ3) is 4.73. The summed E-state index contributed by atoms with van der Waals surface area (Å²) in [5.74, 6) is 0. The number of furan rings is 1. The van der Waals surface area contributed by atoms with Crippen molar-refractivity contribution < 1.29 is 4.42 Å². The van der Waals surface area contributed by atoms with Crippen molar-refractivity contribution in [3.8, 4) is 44.5 Å². The van der Waals surface area contributed by atoms with Gasteiger partial charge in [-0.3, -0.25) is 0 Å². The molecule has 1 aromatic heterocycles. The molecule has 1 N–H and O–H groups in total. The lowest BCUT2D eigenvalue weighted by molar-refractivity contribution is 0.671. The van der Waals surface area contributed by atoms with Crippen LogP contribution in [-0.2, 0) is 0 Å². The van der Waals surface area contributed by atoms with Gasteiger partial charge in [-0.2, -0.15) is 0 Å². The molecule has 0 radical (unpaired) electrons. The minimum atomic E-state index is 0.905. The van der Waals surface area contributed by atoms with E-state index >= 15 is 0 Å². The smallest absolute Gasteiger partial charge is 0.143 e. The summed E-state index contributed by atoms with van der Waals surface area (Å²) in [5.41, 5.74) is 13.1. The molecule has 0 saturated heterocycles. The van der Waals surface area contributed by atoms with Gasteiger partial charge in [0.15, 0.2) is 0 Å². The second-order valence-electron chi connectivity index (χ2n) is 11.0. The molecule has 8 aromatic rings. The normalized spacial score (nSPS) is 11.2. The first-order valence-electron chi connectivity index (χ1n) is 14.9. The summed E-state index contributed by atoms with van der Waals surface area (Å²) in [5, 5.41) is 5.95. The molecule has 0 bridgehead atoms. The Kier molecular flexibility index (Phi) is 6.51. The lowest BCUT2D eigenvalue weighted by Crippen LogP contribution is -1.94. The number of hydrogen-bond donors (Lipinski definition) is 1. The molecule has 44 heavy (non-hydrogen) atoms. The molecule has 0 aliphatic carbocycles. The van der Waals surface area contributed by atoms with Crippen LogP contribution in [-0.4, -0.2) is 0 Å². The number of nitrogens with one attached hydrogen (secondary N) is 1. The molecule has 7 aromatic carbocycles. The topological polar surface area (TPSA) is 25.2 Å². The fourth-order valence-corrected chi connectivity index (χ4v) is 6.13. The van der Waals surface area contributed by atoms with Crippen molar-refractivity contribution in [1.82, 2.24) is 0 Å². The summed E-state index contributed by atoms with van der Waals surface area (Å²) < 4.78 is 6.68. The van der Waals surface area contributed by atoms with Crippen LogP contribution in [0.1, 0.15) is 0 Å². The van der Waals surface area contributed by atoms with E-state index < -0.39 is 0 Å². The van der Waals surface area contributed by atoms with Crippen LogP contribution in [0.25, 0.3) is 66.4 Å². The standard InChI is InChI=1S/C42H29NO/c1-3-12-29(13-4-1)30-24-26-32(27-25-30)35-18-7-8-23-40(35)43-34-17-9-16-33(28-34)37-20-11-22-39-38-21-10-19-36(41(38)44-42(37)39)31-14-5-2-6-15-31/h1-28,43H. The van der Waals surface area contributed by atoms with Crippen LogP contribution in [0.3, 0.4) is 0 Å². The van der Waals surface area contributed by atoms with E-state index in [0.29, 0.717) is 0 Å². The molecular formula is C42H29NO. The SMILES string of the molecule is c1ccc(-c2ccc(-c3ccccc3Nc3cccc(-c4cccc5c4oc4c(-c6ccccc6)cccc45)c3)cc2)cc1. The predicted octanol–water partition coefficient (Wildman–Crippen LogP) is 12.0. The molecule has 2 heteroatoms. The Balaban J connectivity index is 1.15. The molecule has 2 nitrogen and oxygen atoms in total. The van der Waals surface area contributed by atoms with Crippen LogP contribution in [0.2, 0.25) is 0 Å². The third-order valence-electron chi connectivity index (χ3n) is 8.29. The molecule has 0 fully saturated rings. The van der Waals surface area contributed by atoms with Crippen LogP contribution in [0.5, 0.6) is 0 Å². The number of fused-ring (bicyclic) bond motifs is 3. The molecule has 0 spiro atoms. The highest BCUT2D eigenvalue weighted by Crippen LogP contribution is 2.40. The first-order valence-corrected chi connectivity index (χ1v) is 14.9. The summed E-state index contributed by atoms with van der Waals surface area (Å²) in [6.45, 7) is 0. The lowest BCUT2D eigenvalue weighted by Gasteiger charge is -2.14. The maximum Gasteiger partial charge on any atom is 0.143 e. The van der Waals surface area contributed by atoms with Gasteiger partial charge in [0.25, 0.3) is 0 Å². The zero-order chi connectivity index (χ0) is 29.3. The highest BCUT2D eigenvalue weighted by atomic mass is 16.3. The van der Waals surface area contributed by atoms with Gasteiger partial charge >= 0.3 is 0 Å². The molecule has 0 atom stereocenters. The quantitative estimate of drug-likeness (QED) is 0.218. The summed E-state index contributed by atoms with van der Waals surface area (Å²) in [4.78, 5) is 0. The van der Waals surface area contributed by atoms with Gasteiger partial charge in [0.2, 0.25) is 0 Å². The lowest BCUT2D eigenvalue weighted by atomic mass is 9.98. The summed E-state index contributed by atoms with van der Waals surface area (Å²) in [7, 11) is 0. The zero-order valence-corrected chi connectivity index (χ0v) is 24.1. The number of benzene rings is 7. The Labute approximate surface area is 256 Å². The van der Waals surface area contributed by atoms with E-state index in [1.165, 1.54) is 16.7 Å². The molecule has 0 aliphatic rings. The second-order valence-corrected chi connectivity index (χ2v) is 11.0. The molecule has 0 unspecified atom stereocenters. The van der Waals surface area contributed by atoms with Gasteiger partial charge < -0.3 is 9.73 Å². The van der Waals surface area contributed by atoms with Crippen molar-refractivity contribution in [1.29, 1.82) is 0 Å². The Hall–Kier alpha value is -5.86. The summed E-state index contributed by atoms with van der Waals surface area (Å²) in [6, 6.07) is 59.6. The highest BCUT2D eigenvalue weighted by molar-refractivity contribution is 6.13. The monoisotopic (exact) mass is 563 g/mol. The van der Waals surface area contributed by atoms with Crippen molar-refractivity contribution in [3.05, 3.63) is 170 Å². The molecular weight excluding hydrogens is 534 g/mol. The minimum absolute atomic E-state index is 0.905. The van der Waals surface area contributed by atoms with E-state index in [2.05, 4.69) is 163 Å². The average molecular weight is 564 g/mol. The van der Waals surface area contributed by atoms with E-state index in [0.717, 1.165) is 61.1 Å². The Morgan fingerprint density at radius 2 is 0.818 bits per heavy atom. The highest BCUT2D eigenvalue weighted by Gasteiger charge is 2.16. The van der Waals surface area contributed by atoms with E-state index in [9.17, 15) is 0 Å². The van der Waals surface area contributed by atoms with Crippen molar-refractivity contribution in [3.63, 3.8) is 0 Å². The van der Waals surface area contributed by atoms with Crippen molar-refractivity contribution in [2.24, 2.45) is 0 Å². The molecule has 1 heterocycles. The van der Waals surface area contributed by atoms with Gasteiger partial charge in [0, 0.05) is 38.8 Å². The van der Waals surface area contributed by atoms with E-state index in [1.807, 2.05) is 12.1 Å². The van der Waals surface area contributed by atoms with Crippen molar-refractivity contribution in [2.45, 2.75) is 0 Å². The molecule has 8 rings (SSSR count). The van der Waals surface area contributed by atoms with Gasteiger partial charge in [-0.25, -0.2) is 0 Å². The van der Waals surface area contributed by atoms with E-state index in [-0.39, 0.29) is 0 Å². The van der Waals surface area contributed by atoms with Gasteiger partial charge in [-0.05, 0) is 46.0 Å². The first kappa shape index (κ1) is 25.8. The molecule has 0 aliphatic heterocycles. The molecule has 208 valence electrons. The zero-order valence-electron chi connectivity index (χ0n) is 24.1. The van der Waals surface area contributed by atoms with E-state index in [4.69, 9.17) is 4.42 Å². The maximum absolute atomic E-state index is 6.68. The Morgan fingerprint density at radius 3 is 1.52 bits per heavy atom. The average Bonchev–Trinajstić information content (AvgIpc) is 3.49. The van der Waals surface area contributed by atoms with Gasteiger partial charge in [0.05, 0.1) is 0 Å². The first-order chi connectivity index (χ1) is 21.8. The van der Waals surface area contributed by atoms with Gasteiger partial charge in [0.1, 0.15) is 11.2 Å². The fraction of sp³-hybridized carbons (Fsp3) is 0. The van der Waals surface area contributed by atoms with E-state index in [1.54, 1.807) is 0 Å². The number of para-hydroxylation sites is 3. The van der Waals surface area contributed by atoms with Crippen LogP contribution in [0.4, 0.5) is 11.4 Å².